The van der Waals surface area contributed by atoms with Crippen LogP contribution in [0.25, 0.3) is 10.2 Å². The number of hydrogen-bond acceptors (Lipinski definition) is 5. The summed E-state index contributed by atoms with van der Waals surface area (Å²) < 4.78 is 0. The smallest absolute Gasteiger partial charge is 0.335 e. The molecule has 0 saturated carbocycles. The molecule has 0 fully saturated rings. The third kappa shape index (κ3) is 3.18. The van der Waals surface area contributed by atoms with E-state index in [4.69, 9.17) is 5.11 Å². The van der Waals surface area contributed by atoms with E-state index in [2.05, 4.69) is 28.3 Å². The second-order valence-corrected chi connectivity index (χ2v) is 5.63. The molecule has 0 radical (unpaired) electrons. The maximum Gasteiger partial charge on any atom is 0.335 e. The van der Waals surface area contributed by atoms with Crippen LogP contribution in [0.2, 0.25) is 0 Å². The molecular formula is C15H14ClN3O2S. The second-order valence-electron chi connectivity index (χ2n) is 4.52. The monoisotopic (exact) mass is 335 g/mol. The van der Waals surface area contributed by atoms with Gasteiger partial charge in [-0.3, -0.25) is 0 Å². The Balaban J connectivity index is 0.00000176. The number of aryl methyl sites for hydroxylation is 1. The minimum atomic E-state index is -0.949. The summed E-state index contributed by atoms with van der Waals surface area (Å²) in [4.78, 5) is 21.7. The number of aromatic nitrogens is 2. The Morgan fingerprint density at radius 1 is 1.32 bits per heavy atom. The zero-order chi connectivity index (χ0) is 14.8. The minimum absolute atomic E-state index is 0. The zero-order valence-electron chi connectivity index (χ0n) is 11.7. The Bertz CT molecular complexity index is 819. The largest absolute Gasteiger partial charge is 0.478 e. The highest BCUT2D eigenvalue weighted by atomic mass is 35.5. The maximum absolute atomic E-state index is 11.0. The van der Waals surface area contributed by atoms with Crippen LogP contribution < -0.4 is 5.32 Å². The third-order valence-electron chi connectivity index (χ3n) is 3.10. The number of benzene rings is 1. The van der Waals surface area contributed by atoms with Crippen molar-refractivity contribution >= 4 is 51.4 Å². The summed E-state index contributed by atoms with van der Waals surface area (Å²) in [5.74, 6) is -0.256. The summed E-state index contributed by atoms with van der Waals surface area (Å²) in [5, 5.41) is 13.2. The Hall–Kier alpha value is -2.18. The van der Waals surface area contributed by atoms with E-state index in [1.54, 1.807) is 29.5 Å². The highest BCUT2D eigenvalue weighted by molar-refractivity contribution is 7.18. The summed E-state index contributed by atoms with van der Waals surface area (Å²) >= 11 is 1.64. The van der Waals surface area contributed by atoms with Crippen LogP contribution in [0.15, 0.2) is 36.7 Å². The molecule has 0 bridgehead atoms. The standard InChI is InChI=1S/C15H13N3O2S.ClH/c1-2-11-7-12-13(16-8-17-14(12)21-11)18-10-5-3-4-9(6-10)15(19)20;/h3-8H,2H2,1H3,(H,19,20)(H,16,17,18);1H. The molecule has 2 aromatic heterocycles. The molecule has 114 valence electrons. The molecule has 2 N–H and O–H groups in total. The van der Waals surface area contributed by atoms with Gasteiger partial charge in [0.25, 0.3) is 0 Å². The van der Waals surface area contributed by atoms with E-state index in [1.165, 1.54) is 11.2 Å². The van der Waals surface area contributed by atoms with E-state index >= 15 is 0 Å². The van der Waals surface area contributed by atoms with Crippen molar-refractivity contribution in [2.24, 2.45) is 0 Å². The summed E-state index contributed by atoms with van der Waals surface area (Å²) in [7, 11) is 0. The van der Waals surface area contributed by atoms with Crippen molar-refractivity contribution in [3.8, 4) is 0 Å². The fraction of sp³-hybridized carbons (Fsp3) is 0.133. The first-order valence-electron chi connectivity index (χ1n) is 6.51. The molecule has 0 aliphatic heterocycles. The van der Waals surface area contributed by atoms with Crippen LogP contribution in [-0.4, -0.2) is 21.0 Å². The molecule has 1 aromatic carbocycles. The van der Waals surface area contributed by atoms with Crippen LogP contribution in [0.3, 0.4) is 0 Å². The van der Waals surface area contributed by atoms with Gasteiger partial charge in [-0.15, -0.1) is 23.7 Å². The van der Waals surface area contributed by atoms with E-state index in [0.717, 1.165) is 16.6 Å². The molecule has 7 heteroatoms. The Morgan fingerprint density at radius 2 is 2.14 bits per heavy atom. The molecule has 0 aliphatic rings. The van der Waals surface area contributed by atoms with Crippen molar-refractivity contribution < 1.29 is 9.90 Å². The lowest BCUT2D eigenvalue weighted by molar-refractivity contribution is 0.0697. The molecule has 0 unspecified atom stereocenters. The van der Waals surface area contributed by atoms with Crippen molar-refractivity contribution in [3.63, 3.8) is 0 Å². The fourth-order valence-electron chi connectivity index (χ4n) is 2.05. The average Bonchev–Trinajstić information content (AvgIpc) is 2.92. The van der Waals surface area contributed by atoms with Gasteiger partial charge in [0.2, 0.25) is 0 Å². The number of anilines is 2. The highest BCUT2D eigenvalue weighted by Crippen LogP contribution is 2.30. The number of halogens is 1. The number of carbonyl (C=O) groups is 1. The van der Waals surface area contributed by atoms with Gasteiger partial charge in [0.15, 0.2) is 0 Å². The normalized spacial score (nSPS) is 10.2. The summed E-state index contributed by atoms with van der Waals surface area (Å²) in [5.41, 5.74) is 0.934. The SMILES string of the molecule is CCc1cc2c(Nc3cccc(C(=O)O)c3)ncnc2s1.Cl. The van der Waals surface area contributed by atoms with E-state index in [9.17, 15) is 4.79 Å². The lowest BCUT2D eigenvalue weighted by Crippen LogP contribution is -1.99. The van der Waals surface area contributed by atoms with Gasteiger partial charge in [-0.25, -0.2) is 14.8 Å². The van der Waals surface area contributed by atoms with Gasteiger partial charge in [-0.2, -0.15) is 0 Å². The summed E-state index contributed by atoms with van der Waals surface area (Å²) in [6.07, 6.45) is 2.47. The molecule has 0 saturated heterocycles. The van der Waals surface area contributed by atoms with Gasteiger partial charge in [-0.1, -0.05) is 13.0 Å². The number of aromatic carboxylic acids is 1. The molecule has 5 nitrogen and oxygen atoms in total. The molecule has 2 heterocycles. The Morgan fingerprint density at radius 3 is 2.86 bits per heavy atom. The van der Waals surface area contributed by atoms with Gasteiger partial charge >= 0.3 is 5.97 Å². The Kier molecular flexibility index (Phi) is 4.95. The van der Waals surface area contributed by atoms with Gasteiger partial charge in [-0.05, 0) is 30.7 Å². The third-order valence-corrected chi connectivity index (χ3v) is 4.29. The van der Waals surface area contributed by atoms with E-state index in [0.29, 0.717) is 11.5 Å². The first-order valence-corrected chi connectivity index (χ1v) is 7.33. The van der Waals surface area contributed by atoms with Crippen LogP contribution in [0.5, 0.6) is 0 Å². The van der Waals surface area contributed by atoms with Crippen LogP contribution in [0.1, 0.15) is 22.2 Å². The van der Waals surface area contributed by atoms with E-state index in [-0.39, 0.29) is 18.0 Å². The van der Waals surface area contributed by atoms with E-state index < -0.39 is 5.97 Å². The number of nitrogens with one attached hydrogen (secondary N) is 1. The number of rotatable bonds is 4. The van der Waals surface area contributed by atoms with Crippen molar-refractivity contribution in [1.29, 1.82) is 0 Å². The molecule has 3 aromatic rings. The molecule has 3 rings (SSSR count). The second kappa shape index (κ2) is 6.72. The van der Waals surface area contributed by atoms with Gasteiger partial charge in [0, 0.05) is 10.6 Å². The molecule has 0 amide bonds. The predicted molar refractivity (Wildman–Crippen MR) is 90.7 cm³/mol. The fourth-order valence-corrected chi connectivity index (χ4v) is 2.98. The molecule has 0 atom stereocenters. The number of carboxylic acids is 1. The van der Waals surface area contributed by atoms with Crippen LogP contribution in [0.4, 0.5) is 11.5 Å². The van der Waals surface area contributed by atoms with Gasteiger partial charge in [0.1, 0.15) is 17.0 Å². The first kappa shape index (κ1) is 16.2. The lowest BCUT2D eigenvalue weighted by atomic mass is 10.2. The number of carboxylic acid groups (broad SMARTS) is 1. The topological polar surface area (TPSA) is 75.1 Å². The molecule has 0 spiro atoms. The average molecular weight is 336 g/mol. The van der Waals surface area contributed by atoms with Gasteiger partial charge < -0.3 is 10.4 Å². The van der Waals surface area contributed by atoms with E-state index in [1.807, 2.05) is 6.07 Å². The number of fused-ring (bicyclic) bond motifs is 1. The zero-order valence-corrected chi connectivity index (χ0v) is 13.4. The summed E-state index contributed by atoms with van der Waals surface area (Å²) in [6, 6.07) is 8.73. The molecular weight excluding hydrogens is 322 g/mol. The van der Waals surface area contributed by atoms with Crippen molar-refractivity contribution in [1.82, 2.24) is 9.97 Å². The van der Waals surface area contributed by atoms with Crippen molar-refractivity contribution in [2.75, 3.05) is 5.32 Å². The summed E-state index contributed by atoms with van der Waals surface area (Å²) in [6.45, 7) is 2.10. The number of hydrogen-bond donors (Lipinski definition) is 2. The van der Waals surface area contributed by atoms with Crippen LogP contribution >= 0.6 is 23.7 Å². The highest BCUT2D eigenvalue weighted by Gasteiger charge is 2.09. The van der Waals surface area contributed by atoms with Crippen molar-refractivity contribution in [3.05, 3.63) is 47.1 Å². The number of nitrogens with zero attached hydrogens (tertiary/aromatic N) is 2. The van der Waals surface area contributed by atoms with Gasteiger partial charge in [0.05, 0.1) is 10.9 Å². The minimum Gasteiger partial charge on any atom is -0.478 e. The predicted octanol–water partition coefficient (Wildman–Crippen LogP) is 4.12. The lowest BCUT2D eigenvalue weighted by Gasteiger charge is -2.07. The molecule has 0 aliphatic carbocycles. The first-order chi connectivity index (χ1) is 10.2. The van der Waals surface area contributed by atoms with Crippen LogP contribution in [0, 0.1) is 0 Å². The Labute approximate surface area is 137 Å². The van der Waals surface area contributed by atoms with Crippen molar-refractivity contribution in [2.45, 2.75) is 13.3 Å². The number of thiophene rings is 1. The van der Waals surface area contributed by atoms with Crippen LogP contribution in [-0.2, 0) is 6.42 Å². The quantitative estimate of drug-likeness (QED) is 0.750. The molecule has 22 heavy (non-hydrogen) atoms. The maximum atomic E-state index is 11.0.